The molecule has 42 heavy (non-hydrogen) atoms. The highest BCUT2D eigenvalue weighted by molar-refractivity contribution is 5.95. The summed E-state index contributed by atoms with van der Waals surface area (Å²) in [5, 5.41) is 13.4. The van der Waals surface area contributed by atoms with Crippen LogP contribution in [0, 0.1) is 5.95 Å². The molecule has 7 nitrogen and oxygen atoms in total. The molecule has 218 valence electrons. The fraction of sp³-hybridized carbons (Fsp3) is 0.286. The Balaban J connectivity index is 1.41. The van der Waals surface area contributed by atoms with E-state index < -0.39 is 36.0 Å². The average Bonchev–Trinajstić information content (AvgIpc) is 3.57. The Morgan fingerprint density at radius 1 is 0.929 bits per heavy atom. The van der Waals surface area contributed by atoms with Crippen molar-refractivity contribution < 1.29 is 35.5 Å². The third-order valence-electron chi connectivity index (χ3n) is 6.98. The van der Waals surface area contributed by atoms with Crippen LogP contribution in [0.1, 0.15) is 42.2 Å². The van der Waals surface area contributed by atoms with Gasteiger partial charge >= 0.3 is 12.4 Å². The van der Waals surface area contributed by atoms with E-state index in [1.165, 1.54) is 12.4 Å². The molecule has 0 saturated carbocycles. The van der Waals surface area contributed by atoms with Crippen LogP contribution < -0.4 is 0 Å². The van der Waals surface area contributed by atoms with Gasteiger partial charge in [-0.1, -0.05) is 11.3 Å². The SMILES string of the molecule is Fc1ncccc1-c1ccc2c(c1)c(-c1cn(Cc3cc(C(F)(F)F)cc(C(F)(F)F)c3)nn1)nn2C1CCCCO1. The lowest BCUT2D eigenvalue weighted by Gasteiger charge is -2.23. The van der Waals surface area contributed by atoms with E-state index in [-0.39, 0.29) is 29.1 Å². The molecular weight excluding hydrogens is 569 g/mol. The quantitative estimate of drug-likeness (QED) is 0.159. The summed E-state index contributed by atoms with van der Waals surface area (Å²) < 4.78 is 103. The normalized spacial score (nSPS) is 16.3. The number of hydrogen-bond donors (Lipinski definition) is 0. The van der Waals surface area contributed by atoms with E-state index in [0.29, 0.717) is 47.3 Å². The number of hydrogen-bond acceptors (Lipinski definition) is 5. The molecule has 0 spiro atoms. The Morgan fingerprint density at radius 2 is 1.69 bits per heavy atom. The lowest BCUT2D eigenvalue weighted by molar-refractivity contribution is -0.143. The number of pyridine rings is 1. The van der Waals surface area contributed by atoms with Gasteiger partial charge in [-0.15, -0.1) is 5.10 Å². The van der Waals surface area contributed by atoms with Crippen molar-refractivity contribution in [3.63, 3.8) is 0 Å². The summed E-state index contributed by atoms with van der Waals surface area (Å²) in [6, 6.07) is 9.78. The maximum atomic E-state index is 14.5. The number of benzene rings is 2. The molecule has 0 bridgehead atoms. The van der Waals surface area contributed by atoms with Crippen LogP contribution >= 0.6 is 0 Å². The van der Waals surface area contributed by atoms with Crippen molar-refractivity contribution in [2.75, 3.05) is 6.61 Å². The highest BCUT2D eigenvalue weighted by atomic mass is 19.4. The molecule has 1 saturated heterocycles. The molecule has 0 aliphatic carbocycles. The van der Waals surface area contributed by atoms with Gasteiger partial charge in [0.15, 0.2) is 6.23 Å². The van der Waals surface area contributed by atoms with Gasteiger partial charge < -0.3 is 4.74 Å². The van der Waals surface area contributed by atoms with Crippen LogP contribution in [0.4, 0.5) is 30.7 Å². The predicted molar refractivity (Wildman–Crippen MR) is 136 cm³/mol. The van der Waals surface area contributed by atoms with Crippen molar-refractivity contribution in [1.29, 1.82) is 0 Å². The van der Waals surface area contributed by atoms with Crippen molar-refractivity contribution in [3.05, 3.63) is 83.6 Å². The molecule has 1 aliphatic rings. The largest absolute Gasteiger partial charge is 0.416 e. The summed E-state index contributed by atoms with van der Waals surface area (Å²) >= 11 is 0. The molecule has 0 N–H and O–H groups in total. The Hall–Kier alpha value is -4.33. The molecule has 4 heterocycles. The zero-order chi connectivity index (χ0) is 29.6. The van der Waals surface area contributed by atoms with Crippen molar-refractivity contribution >= 4 is 10.9 Å². The van der Waals surface area contributed by atoms with Gasteiger partial charge in [0.1, 0.15) is 11.4 Å². The number of rotatable bonds is 5. The predicted octanol–water partition coefficient (Wildman–Crippen LogP) is 7.28. The Labute approximate surface area is 233 Å². The molecule has 3 aromatic heterocycles. The second-order valence-electron chi connectivity index (χ2n) is 9.90. The third kappa shape index (κ3) is 5.45. The molecule has 6 rings (SSSR count). The van der Waals surface area contributed by atoms with Crippen LogP contribution in [-0.2, 0) is 23.6 Å². The van der Waals surface area contributed by atoms with Gasteiger partial charge in [-0.3, -0.25) is 0 Å². The number of fused-ring (bicyclic) bond motifs is 1. The maximum Gasteiger partial charge on any atom is 0.416 e. The second kappa shape index (κ2) is 10.5. The molecular formula is C28H21F7N6O. The number of halogens is 7. The van der Waals surface area contributed by atoms with Crippen LogP contribution in [0.2, 0.25) is 0 Å². The van der Waals surface area contributed by atoms with Gasteiger partial charge in [0.05, 0.1) is 29.4 Å². The fourth-order valence-corrected chi connectivity index (χ4v) is 5.02. The fourth-order valence-electron chi connectivity index (χ4n) is 5.02. The summed E-state index contributed by atoms with van der Waals surface area (Å²) in [6.45, 7) is 0.143. The first kappa shape index (κ1) is 27.8. The van der Waals surface area contributed by atoms with Gasteiger partial charge in [0.25, 0.3) is 0 Å². The van der Waals surface area contributed by atoms with Crippen molar-refractivity contribution in [3.8, 4) is 22.5 Å². The van der Waals surface area contributed by atoms with Crippen LogP contribution in [0.5, 0.6) is 0 Å². The zero-order valence-corrected chi connectivity index (χ0v) is 21.6. The second-order valence-corrected chi connectivity index (χ2v) is 9.90. The minimum absolute atomic E-state index is 0.0745. The number of nitrogens with zero attached hydrogens (tertiary/aromatic N) is 6. The maximum absolute atomic E-state index is 14.5. The highest BCUT2D eigenvalue weighted by Gasteiger charge is 2.37. The zero-order valence-electron chi connectivity index (χ0n) is 21.6. The van der Waals surface area contributed by atoms with E-state index in [1.807, 2.05) is 0 Å². The highest BCUT2D eigenvalue weighted by Crippen LogP contribution is 2.37. The van der Waals surface area contributed by atoms with E-state index in [9.17, 15) is 30.7 Å². The first-order valence-electron chi connectivity index (χ1n) is 12.9. The van der Waals surface area contributed by atoms with Crippen molar-refractivity contribution in [2.24, 2.45) is 0 Å². The minimum Gasteiger partial charge on any atom is -0.356 e. The molecule has 0 amide bonds. The van der Waals surface area contributed by atoms with Crippen molar-refractivity contribution in [2.45, 2.75) is 44.4 Å². The van der Waals surface area contributed by atoms with E-state index in [0.717, 1.165) is 17.5 Å². The van der Waals surface area contributed by atoms with Gasteiger partial charge in [0, 0.05) is 23.8 Å². The van der Waals surface area contributed by atoms with E-state index in [4.69, 9.17) is 9.84 Å². The standard InChI is InChI=1S/C28H21F7N6O/c29-26-20(4-3-8-36-26)17-6-7-23-21(12-17)25(38-41(23)24-5-1-2-9-42-24)22-15-40(39-37-22)14-16-10-18(27(30,31)32)13-19(11-16)28(33,34)35/h3-4,6-8,10-13,15,24H,1-2,5,9,14H2. The van der Waals surface area contributed by atoms with Crippen LogP contribution in [0.3, 0.4) is 0 Å². The first-order valence-corrected chi connectivity index (χ1v) is 12.9. The summed E-state index contributed by atoms with van der Waals surface area (Å²) in [4.78, 5) is 3.71. The Kier molecular flexibility index (Phi) is 6.95. The minimum atomic E-state index is -4.97. The summed E-state index contributed by atoms with van der Waals surface area (Å²) in [5.41, 5.74) is -1.06. The monoisotopic (exact) mass is 590 g/mol. The van der Waals surface area contributed by atoms with Gasteiger partial charge in [-0.25, -0.2) is 14.3 Å². The number of alkyl halides is 6. The molecule has 1 fully saturated rings. The summed E-state index contributed by atoms with van der Waals surface area (Å²) in [5.74, 6) is -0.660. The molecule has 1 atom stereocenters. The molecule has 5 aromatic rings. The van der Waals surface area contributed by atoms with Crippen LogP contribution in [0.25, 0.3) is 33.4 Å². The summed E-state index contributed by atoms with van der Waals surface area (Å²) in [6.07, 6.45) is -5.04. The third-order valence-corrected chi connectivity index (χ3v) is 6.98. The molecule has 2 aromatic carbocycles. The van der Waals surface area contributed by atoms with Crippen molar-refractivity contribution in [1.82, 2.24) is 29.8 Å². The molecule has 1 aliphatic heterocycles. The van der Waals surface area contributed by atoms with Gasteiger partial charge in [-0.05, 0) is 72.9 Å². The molecule has 14 heteroatoms. The number of aromatic nitrogens is 6. The first-order chi connectivity index (χ1) is 20.0. The van der Waals surface area contributed by atoms with E-state index in [2.05, 4.69) is 15.3 Å². The van der Waals surface area contributed by atoms with Crippen LogP contribution in [-0.4, -0.2) is 36.4 Å². The lowest BCUT2D eigenvalue weighted by Crippen LogP contribution is -2.19. The lowest BCUT2D eigenvalue weighted by atomic mass is 10.0. The Bertz CT molecular complexity index is 1720. The van der Waals surface area contributed by atoms with E-state index in [1.54, 1.807) is 35.0 Å². The molecule has 1 unspecified atom stereocenters. The average molecular weight is 591 g/mol. The molecule has 0 radical (unpaired) electrons. The van der Waals surface area contributed by atoms with Crippen LogP contribution in [0.15, 0.2) is 60.9 Å². The van der Waals surface area contributed by atoms with Gasteiger partial charge in [-0.2, -0.15) is 35.8 Å². The smallest absolute Gasteiger partial charge is 0.356 e. The number of ether oxygens (including phenoxy) is 1. The Morgan fingerprint density at radius 3 is 2.36 bits per heavy atom. The topological polar surface area (TPSA) is 70.7 Å². The van der Waals surface area contributed by atoms with E-state index >= 15 is 0 Å². The van der Waals surface area contributed by atoms with Gasteiger partial charge in [0.2, 0.25) is 5.95 Å². The summed E-state index contributed by atoms with van der Waals surface area (Å²) in [7, 11) is 0.